The third-order valence-corrected chi connectivity index (χ3v) is 3.03. The highest BCUT2D eigenvalue weighted by Crippen LogP contribution is 2.25. The summed E-state index contributed by atoms with van der Waals surface area (Å²) in [4.78, 5) is 4.25. The molecule has 1 aliphatic heterocycles. The zero-order chi connectivity index (χ0) is 12.5. The van der Waals surface area contributed by atoms with E-state index in [0.29, 0.717) is 5.56 Å². The molecule has 2 rings (SSSR count). The van der Waals surface area contributed by atoms with E-state index < -0.39 is 0 Å². The van der Waals surface area contributed by atoms with Crippen molar-refractivity contribution in [3.8, 4) is 0 Å². The summed E-state index contributed by atoms with van der Waals surface area (Å²) in [7, 11) is 0. The fourth-order valence-electron chi connectivity index (χ4n) is 1.92. The van der Waals surface area contributed by atoms with Gasteiger partial charge in [0.1, 0.15) is 5.82 Å². The van der Waals surface area contributed by atoms with Crippen LogP contribution < -0.4 is 0 Å². The molecule has 1 heterocycles. The third-order valence-electron chi connectivity index (χ3n) is 3.03. The van der Waals surface area contributed by atoms with E-state index in [0.717, 1.165) is 24.1 Å². The van der Waals surface area contributed by atoms with Crippen LogP contribution in [-0.4, -0.2) is 5.71 Å². The number of nitrogens with zero attached hydrogens (tertiary/aromatic N) is 1. The molecule has 1 aromatic carbocycles. The summed E-state index contributed by atoms with van der Waals surface area (Å²) in [5.74, 6) is -0.161. The van der Waals surface area contributed by atoms with Crippen molar-refractivity contribution in [2.45, 2.75) is 39.0 Å². The highest BCUT2D eigenvalue weighted by Gasteiger charge is 2.17. The number of hydrogen-bond acceptors (Lipinski definition) is 1. The Morgan fingerprint density at radius 1 is 1.24 bits per heavy atom. The first-order valence-electron chi connectivity index (χ1n) is 6.00. The number of hydrogen-bond donors (Lipinski definition) is 0. The number of aliphatic imine (C=N–C) groups is 1. The first-order chi connectivity index (χ1) is 7.98. The molecule has 1 nitrogen and oxygen atoms in total. The lowest BCUT2D eigenvalue weighted by molar-refractivity contribution is 0.571. The van der Waals surface area contributed by atoms with Crippen molar-refractivity contribution in [1.82, 2.24) is 0 Å². The molecule has 0 spiro atoms. The largest absolute Gasteiger partial charge is 0.261 e. The van der Waals surface area contributed by atoms with Gasteiger partial charge in [0.25, 0.3) is 0 Å². The molecule has 1 aliphatic rings. The van der Waals surface area contributed by atoms with Crippen LogP contribution in [0.3, 0.4) is 0 Å². The fourth-order valence-corrected chi connectivity index (χ4v) is 1.92. The first kappa shape index (κ1) is 12.0. The predicted octanol–water partition coefficient (Wildman–Crippen LogP) is 4.22. The van der Waals surface area contributed by atoms with Crippen molar-refractivity contribution >= 4 is 5.71 Å². The molecule has 0 aliphatic carbocycles. The van der Waals surface area contributed by atoms with Crippen LogP contribution in [-0.2, 0) is 5.41 Å². The average molecular weight is 231 g/mol. The quantitative estimate of drug-likeness (QED) is 0.686. The second-order valence-electron chi connectivity index (χ2n) is 5.44. The van der Waals surface area contributed by atoms with E-state index in [9.17, 15) is 4.39 Å². The second-order valence-corrected chi connectivity index (χ2v) is 5.44. The number of halogens is 1. The third kappa shape index (κ3) is 2.63. The molecule has 17 heavy (non-hydrogen) atoms. The van der Waals surface area contributed by atoms with Crippen molar-refractivity contribution in [3.05, 3.63) is 47.4 Å². The normalized spacial score (nSPS) is 15.9. The Morgan fingerprint density at radius 3 is 2.53 bits per heavy atom. The summed E-state index contributed by atoms with van der Waals surface area (Å²) in [5, 5.41) is 0. The maximum Gasteiger partial charge on any atom is 0.132 e. The van der Waals surface area contributed by atoms with E-state index in [2.05, 4.69) is 25.8 Å². The minimum absolute atomic E-state index is 0.0202. The van der Waals surface area contributed by atoms with E-state index in [1.165, 1.54) is 0 Å². The monoisotopic (exact) mass is 231 g/mol. The summed E-state index contributed by atoms with van der Waals surface area (Å²) in [5.41, 5.74) is 2.49. The van der Waals surface area contributed by atoms with Gasteiger partial charge in [0.2, 0.25) is 0 Å². The topological polar surface area (TPSA) is 12.4 Å². The van der Waals surface area contributed by atoms with Gasteiger partial charge in [-0.3, -0.25) is 4.99 Å². The van der Waals surface area contributed by atoms with Gasteiger partial charge >= 0.3 is 0 Å². The minimum Gasteiger partial charge on any atom is -0.261 e. The molecular weight excluding hydrogens is 213 g/mol. The van der Waals surface area contributed by atoms with Crippen LogP contribution in [0, 0.1) is 5.82 Å². The molecule has 90 valence electrons. The zero-order valence-corrected chi connectivity index (χ0v) is 10.6. The summed E-state index contributed by atoms with van der Waals surface area (Å²) in [6, 6.07) is 5.49. The lowest BCUT2D eigenvalue weighted by Gasteiger charge is -2.20. The fraction of sp³-hybridized carbons (Fsp3) is 0.400. The van der Waals surface area contributed by atoms with E-state index in [4.69, 9.17) is 0 Å². The molecule has 2 heteroatoms. The summed E-state index contributed by atoms with van der Waals surface area (Å²) >= 11 is 0. The molecule has 0 bridgehead atoms. The maximum atomic E-state index is 14.1. The summed E-state index contributed by atoms with van der Waals surface area (Å²) in [6.07, 6.45) is 5.53. The van der Waals surface area contributed by atoms with Gasteiger partial charge in [0, 0.05) is 11.8 Å². The van der Waals surface area contributed by atoms with Gasteiger partial charge < -0.3 is 0 Å². The Balaban J connectivity index is 2.38. The lowest BCUT2D eigenvalue weighted by Crippen LogP contribution is -2.13. The summed E-state index contributed by atoms with van der Waals surface area (Å²) in [6.45, 7) is 6.26. The smallest absolute Gasteiger partial charge is 0.132 e. The molecule has 0 fully saturated rings. The van der Waals surface area contributed by atoms with Crippen molar-refractivity contribution in [1.29, 1.82) is 0 Å². The Kier molecular flexibility index (Phi) is 3.14. The first-order valence-corrected chi connectivity index (χ1v) is 6.00. The van der Waals surface area contributed by atoms with Crippen molar-refractivity contribution in [2.75, 3.05) is 0 Å². The van der Waals surface area contributed by atoms with Crippen LogP contribution in [0.1, 0.15) is 44.7 Å². The van der Waals surface area contributed by atoms with Gasteiger partial charge in [-0.1, -0.05) is 32.9 Å². The van der Waals surface area contributed by atoms with Crippen LogP contribution in [0.15, 0.2) is 35.5 Å². The maximum absolute atomic E-state index is 14.1. The van der Waals surface area contributed by atoms with E-state index in [1.54, 1.807) is 12.3 Å². The van der Waals surface area contributed by atoms with E-state index in [1.807, 2.05) is 18.2 Å². The van der Waals surface area contributed by atoms with Crippen LogP contribution >= 0.6 is 0 Å². The molecule has 1 aromatic rings. The highest BCUT2D eigenvalue weighted by atomic mass is 19.1. The van der Waals surface area contributed by atoms with E-state index in [-0.39, 0.29) is 11.2 Å². The zero-order valence-electron chi connectivity index (χ0n) is 10.6. The Labute approximate surface area is 102 Å². The SMILES string of the molecule is CC(C)(C)c1ccc(C2=NC=CCC2)c(F)c1. The Hall–Kier alpha value is -1.44. The molecule has 0 N–H and O–H groups in total. The van der Waals surface area contributed by atoms with Gasteiger partial charge in [-0.2, -0.15) is 0 Å². The van der Waals surface area contributed by atoms with Gasteiger partial charge in [-0.05, 0) is 36.0 Å². The van der Waals surface area contributed by atoms with Crippen LogP contribution in [0.5, 0.6) is 0 Å². The standard InChI is InChI=1S/C15H18FN/c1-15(2,3)11-7-8-12(13(16)10-11)14-6-4-5-9-17-14/h5,7-10H,4,6H2,1-3H3. The van der Waals surface area contributed by atoms with Crippen LogP contribution in [0.25, 0.3) is 0 Å². The molecule has 0 amide bonds. The average Bonchev–Trinajstić information content (AvgIpc) is 2.29. The number of rotatable bonds is 1. The van der Waals surface area contributed by atoms with Gasteiger partial charge in [0.15, 0.2) is 0 Å². The molecule has 0 aromatic heterocycles. The second kappa shape index (κ2) is 4.44. The predicted molar refractivity (Wildman–Crippen MR) is 70.0 cm³/mol. The molecule has 0 saturated heterocycles. The van der Waals surface area contributed by atoms with Gasteiger partial charge in [-0.25, -0.2) is 4.39 Å². The van der Waals surface area contributed by atoms with Crippen molar-refractivity contribution in [2.24, 2.45) is 4.99 Å². The lowest BCUT2D eigenvalue weighted by atomic mass is 9.86. The number of benzene rings is 1. The molecule has 0 atom stereocenters. The van der Waals surface area contributed by atoms with Crippen LogP contribution in [0.2, 0.25) is 0 Å². The van der Waals surface area contributed by atoms with Gasteiger partial charge in [-0.15, -0.1) is 0 Å². The molecular formula is C15H18FN. The minimum atomic E-state index is -0.161. The van der Waals surface area contributed by atoms with Crippen LogP contribution in [0.4, 0.5) is 4.39 Å². The Morgan fingerprint density at radius 2 is 2.00 bits per heavy atom. The highest BCUT2D eigenvalue weighted by molar-refractivity contribution is 6.01. The molecule has 0 unspecified atom stereocenters. The van der Waals surface area contributed by atoms with Crippen molar-refractivity contribution < 1.29 is 4.39 Å². The summed E-state index contributed by atoms with van der Waals surface area (Å²) < 4.78 is 14.1. The molecule has 0 saturated carbocycles. The number of allylic oxidation sites excluding steroid dienone is 1. The van der Waals surface area contributed by atoms with Gasteiger partial charge in [0.05, 0.1) is 5.71 Å². The Bertz CT molecular complexity index is 478. The van der Waals surface area contributed by atoms with Crippen molar-refractivity contribution in [3.63, 3.8) is 0 Å². The van der Waals surface area contributed by atoms with E-state index >= 15 is 0 Å². The molecule has 0 radical (unpaired) electrons.